The highest BCUT2D eigenvalue weighted by molar-refractivity contribution is 7.26. The Morgan fingerprint density at radius 1 is 0.185 bits per heavy atom. The van der Waals surface area contributed by atoms with Crippen LogP contribution in [0.4, 0.5) is 0 Å². The topological polar surface area (TPSA) is 4.93 Å². The maximum absolute atomic E-state index is 2.41. The number of benzene rings is 24. The molecule has 0 unspecified atom stereocenters. The maximum atomic E-state index is 2.41. The Balaban J connectivity index is 0.000000108. The van der Waals surface area contributed by atoms with Crippen molar-refractivity contribution in [1.82, 2.24) is 4.57 Å². The van der Waals surface area contributed by atoms with Gasteiger partial charge in [0.05, 0.1) is 0 Å². The second-order valence-corrected chi connectivity index (χ2v) is 39.3. The van der Waals surface area contributed by atoms with Crippen molar-refractivity contribution in [2.24, 2.45) is 0 Å². The first kappa shape index (κ1) is 79.8. The van der Waals surface area contributed by atoms with Crippen LogP contribution in [0.2, 0.25) is 0 Å². The van der Waals surface area contributed by atoms with E-state index in [1.165, 1.54) is 276 Å². The zero-order chi connectivity index (χ0) is 89.7. The van der Waals surface area contributed by atoms with Crippen molar-refractivity contribution in [1.29, 1.82) is 0 Å². The van der Waals surface area contributed by atoms with Crippen molar-refractivity contribution in [2.45, 2.75) is 39.7 Å². The molecule has 0 N–H and O–H groups in total. The standard InChI is InChI=1S/C54H32S2.C40H30.C38H27N/c1-2-14-42-41(13-1)49-29-37(33-9-7-11-35(27-33)39-21-25-47-45-15-3-5-17-51(45)55-53(47)31-39)19-23-43(49)44-24-20-38(30-50(42)44)34-10-8-12-36(28-34)40-22-26-48-46-16-4-6-18-52(46)56-54(48)32-40;1-25-15-21-35-36-14-8-13-29(39(36)40(2,3)38(35)23-25)27-18-16-26(17-19-27)28-20-22-34-32-11-5-4-9-30(32)31-10-6-7-12-33(31)37(34)24-28;1-2-39-37-17-8-7-16-34(37)36-24-28(19-21-38(36)39)26-11-9-10-25(22-26)27-18-20-33-31-14-4-3-12-29(31)30-13-5-6-15-32(30)35(33)23-27/h1-32H;4-24H,1-3H3;3-24H,2H2,1H3. The van der Waals surface area contributed by atoms with Gasteiger partial charge in [-0.05, 0) is 307 Å². The zero-order valence-electron chi connectivity index (χ0n) is 75.3. The van der Waals surface area contributed by atoms with E-state index in [2.05, 4.69) is 487 Å². The van der Waals surface area contributed by atoms with Crippen molar-refractivity contribution in [3.63, 3.8) is 0 Å². The third-order valence-corrected chi connectivity index (χ3v) is 31.4. The number of thiophene rings is 2. The zero-order valence-corrected chi connectivity index (χ0v) is 76.9. The Kier molecular flexibility index (Phi) is 19.0. The highest BCUT2D eigenvalue weighted by Gasteiger charge is 2.38. The largest absolute Gasteiger partial charge is 0.341 e. The van der Waals surface area contributed by atoms with E-state index in [0.29, 0.717) is 0 Å². The molecule has 0 radical (unpaired) electrons. The van der Waals surface area contributed by atoms with Gasteiger partial charge in [0.25, 0.3) is 0 Å². The van der Waals surface area contributed by atoms with E-state index in [4.69, 9.17) is 0 Å². The number of para-hydroxylation sites is 1. The third-order valence-electron chi connectivity index (χ3n) is 29.1. The van der Waals surface area contributed by atoms with Gasteiger partial charge < -0.3 is 4.57 Å². The summed E-state index contributed by atoms with van der Waals surface area (Å²) >= 11 is 3.75. The summed E-state index contributed by atoms with van der Waals surface area (Å²) in [6, 6.07) is 169. The number of hydrogen-bond donors (Lipinski definition) is 0. The Hall–Kier alpha value is -16.1. The summed E-state index contributed by atoms with van der Waals surface area (Å²) in [5, 5.41) is 31.4. The first-order valence-corrected chi connectivity index (χ1v) is 48.7. The second-order valence-electron chi connectivity index (χ2n) is 37.1. The molecule has 3 heterocycles. The average Bonchev–Trinajstić information content (AvgIpc) is 1.57. The van der Waals surface area contributed by atoms with Crippen molar-refractivity contribution >= 4 is 182 Å². The van der Waals surface area contributed by atoms with E-state index in [-0.39, 0.29) is 5.41 Å². The van der Waals surface area contributed by atoms with E-state index in [1.807, 2.05) is 22.7 Å². The fraction of sp³-hybridized carbons (Fsp3) is 0.0455. The van der Waals surface area contributed by atoms with Gasteiger partial charge in [0.15, 0.2) is 0 Å². The molecule has 634 valence electrons. The quantitative estimate of drug-likeness (QED) is 0.127. The molecular weight excluding hydrogens is 1660 g/mol. The molecule has 0 atom stereocenters. The molecule has 28 rings (SSSR count). The Labute approximate surface area is 791 Å². The molecule has 0 saturated heterocycles. The summed E-state index contributed by atoms with van der Waals surface area (Å²) < 4.78 is 7.75. The molecule has 3 aromatic heterocycles. The average molecular weight is 1750 g/mol. The summed E-state index contributed by atoms with van der Waals surface area (Å²) in [6.07, 6.45) is 0. The molecule has 135 heavy (non-hydrogen) atoms. The molecule has 0 fully saturated rings. The van der Waals surface area contributed by atoms with Gasteiger partial charge in [0.2, 0.25) is 0 Å². The van der Waals surface area contributed by atoms with Crippen LogP contribution >= 0.6 is 22.7 Å². The fourth-order valence-corrected chi connectivity index (χ4v) is 24.9. The molecule has 0 bridgehead atoms. The van der Waals surface area contributed by atoms with Gasteiger partial charge in [-0.15, -0.1) is 22.7 Å². The summed E-state index contributed by atoms with van der Waals surface area (Å²) in [5.74, 6) is 0. The Bertz CT molecular complexity index is 9280. The number of nitrogens with zero attached hydrogens (tertiary/aromatic N) is 1. The lowest BCUT2D eigenvalue weighted by Gasteiger charge is -2.25. The smallest absolute Gasteiger partial charge is 0.0491 e. The van der Waals surface area contributed by atoms with Crippen LogP contribution in [0.3, 0.4) is 0 Å². The molecule has 0 spiro atoms. The Morgan fingerprint density at radius 2 is 0.459 bits per heavy atom. The van der Waals surface area contributed by atoms with E-state index >= 15 is 0 Å². The van der Waals surface area contributed by atoms with Gasteiger partial charge in [-0.1, -0.05) is 389 Å². The predicted molar refractivity (Wildman–Crippen MR) is 587 cm³/mol. The van der Waals surface area contributed by atoms with Crippen LogP contribution in [-0.4, -0.2) is 4.57 Å². The van der Waals surface area contributed by atoms with Crippen molar-refractivity contribution in [3.05, 3.63) is 472 Å². The van der Waals surface area contributed by atoms with Crippen LogP contribution in [0.15, 0.2) is 455 Å². The fourth-order valence-electron chi connectivity index (χ4n) is 22.6. The van der Waals surface area contributed by atoms with Gasteiger partial charge in [-0.2, -0.15) is 0 Å². The summed E-state index contributed by atoms with van der Waals surface area (Å²) in [5.41, 5.74) is 29.5. The third kappa shape index (κ3) is 13.4. The molecule has 1 aliphatic carbocycles. The monoisotopic (exact) mass is 1750 g/mol. The van der Waals surface area contributed by atoms with Crippen LogP contribution in [0.5, 0.6) is 0 Å². The molecule has 24 aromatic carbocycles. The molecule has 0 aliphatic heterocycles. The summed E-state index contributed by atoms with van der Waals surface area (Å²) in [6.45, 7) is 10.1. The molecule has 1 nitrogen and oxygen atoms in total. The number of hydrogen-bond acceptors (Lipinski definition) is 2. The van der Waals surface area contributed by atoms with E-state index < -0.39 is 0 Å². The molecule has 0 saturated carbocycles. The normalized spacial score (nSPS) is 12.4. The molecule has 3 heteroatoms. The van der Waals surface area contributed by atoms with Gasteiger partial charge in [-0.3, -0.25) is 0 Å². The van der Waals surface area contributed by atoms with Gasteiger partial charge in [0.1, 0.15) is 0 Å². The first-order chi connectivity index (χ1) is 66.5. The summed E-state index contributed by atoms with van der Waals surface area (Å²) in [7, 11) is 0. The van der Waals surface area contributed by atoms with E-state index in [0.717, 1.165) is 6.54 Å². The number of aryl methyl sites for hydroxylation is 2. The Morgan fingerprint density at radius 3 is 0.859 bits per heavy atom. The molecule has 1 aliphatic rings. The van der Waals surface area contributed by atoms with Crippen LogP contribution in [0, 0.1) is 6.92 Å². The minimum absolute atomic E-state index is 0.0336. The minimum Gasteiger partial charge on any atom is -0.341 e. The van der Waals surface area contributed by atoms with Crippen LogP contribution < -0.4 is 0 Å². The highest BCUT2D eigenvalue weighted by atomic mass is 32.1. The number of fused-ring (bicyclic) bond motifs is 30. The molecule has 27 aromatic rings. The van der Waals surface area contributed by atoms with Crippen molar-refractivity contribution < 1.29 is 0 Å². The molecule has 0 amide bonds. The van der Waals surface area contributed by atoms with Crippen molar-refractivity contribution in [3.8, 4) is 100 Å². The van der Waals surface area contributed by atoms with Crippen LogP contribution in [-0.2, 0) is 12.0 Å². The van der Waals surface area contributed by atoms with E-state index in [1.54, 1.807) is 0 Å². The van der Waals surface area contributed by atoms with Crippen LogP contribution in [0.25, 0.3) is 259 Å². The summed E-state index contributed by atoms with van der Waals surface area (Å²) in [4.78, 5) is 0. The predicted octanol–water partition coefficient (Wildman–Crippen LogP) is 38.3. The highest BCUT2D eigenvalue weighted by Crippen LogP contribution is 2.54. The van der Waals surface area contributed by atoms with Crippen molar-refractivity contribution in [2.75, 3.05) is 0 Å². The van der Waals surface area contributed by atoms with Gasteiger partial charge in [0, 0.05) is 74.1 Å². The lowest BCUT2D eigenvalue weighted by molar-refractivity contribution is 0.661. The number of rotatable bonds is 9. The first-order valence-electron chi connectivity index (χ1n) is 47.1. The van der Waals surface area contributed by atoms with Crippen LogP contribution in [0.1, 0.15) is 37.5 Å². The number of aromatic nitrogens is 1. The minimum atomic E-state index is -0.0336. The lowest BCUT2D eigenvalue weighted by atomic mass is 9.78. The van der Waals surface area contributed by atoms with Gasteiger partial charge >= 0.3 is 0 Å². The maximum Gasteiger partial charge on any atom is 0.0491 e. The SMILES string of the molecule is CCn1c2ccccc2c2cc(-c3cccc(-c4ccc5c6ccccc6c6ccccc6c5c4)c3)ccc21.Cc1ccc2c(c1)C(C)(C)c1c(-c3ccc(-c4ccc5c6ccccc6c6ccccc6c5c4)cc3)cccc1-2.c1cc(-c2ccc3c(c2)sc2ccccc23)cc(-c2ccc3c4ccc(-c5cccc(-c6ccc7c(c6)sc6ccccc67)c5)cc4c4ccccc4c3c2)c1. The second kappa shape index (κ2) is 32.1. The van der Waals surface area contributed by atoms with E-state index in [9.17, 15) is 0 Å². The lowest BCUT2D eigenvalue weighted by Crippen LogP contribution is -2.16. The molecular formula is C132H89NS2. The van der Waals surface area contributed by atoms with Gasteiger partial charge in [-0.25, -0.2) is 0 Å².